The molecule has 0 unspecified atom stereocenters. The summed E-state index contributed by atoms with van der Waals surface area (Å²) in [4.78, 5) is 16.6. The number of likely N-dealkylation sites (tertiary alicyclic amines) is 1. The van der Waals surface area contributed by atoms with Gasteiger partial charge < -0.3 is 10.1 Å². The van der Waals surface area contributed by atoms with Crippen molar-refractivity contribution < 1.29 is 9.90 Å². The van der Waals surface area contributed by atoms with Crippen molar-refractivity contribution in [3.63, 3.8) is 0 Å². The van der Waals surface area contributed by atoms with Crippen LogP contribution in [0, 0.1) is 0 Å². The molecule has 94 valence electrons. The Hall–Kier alpha value is -1.81. The number of nitrogens with zero attached hydrogens (tertiary/aromatic N) is 1. The molecule has 0 bridgehead atoms. The van der Waals surface area contributed by atoms with E-state index in [2.05, 4.69) is 9.88 Å². The number of para-hydroxylation sites is 1. The molecule has 1 aliphatic heterocycles. The van der Waals surface area contributed by atoms with Crippen molar-refractivity contribution >= 4 is 16.9 Å². The molecule has 3 rings (SSSR count). The van der Waals surface area contributed by atoms with E-state index in [1.807, 2.05) is 24.3 Å². The molecule has 1 saturated heterocycles. The summed E-state index contributed by atoms with van der Waals surface area (Å²) in [5.74, 6) is -0.875. The van der Waals surface area contributed by atoms with Crippen LogP contribution in [0.4, 0.5) is 0 Å². The van der Waals surface area contributed by atoms with E-state index in [-0.39, 0.29) is 0 Å². The van der Waals surface area contributed by atoms with Gasteiger partial charge in [-0.05, 0) is 32.0 Å². The van der Waals surface area contributed by atoms with Crippen LogP contribution in [0.15, 0.2) is 24.3 Å². The van der Waals surface area contributed by atoms with Crippen molar-refractivity contribution in [2.45, 2.75) is 19.4 Å². The number of aromatic nitrogens is 1. The Morgan fingerprint density at radius 2 is 2.00 bits per heavy atom. The summed E-state index contributed by atoms with van der Waals surface area (Å²) < 4.78 is 0. The predicted molar refractivity (Wildman–Crippen MR) is 69.8 cm³/mol. The number of rotatable bonds is 3. The highest BCUT2D eigenvalue weighted by Crippen LogP contribution is 2.25. The highest BCUT2D eigenvalue weighted by molar-refractivity contribution is 5.97. The largest absolute Gasteiger partial charge is 0.477 e. The molecular formula is C14H16N2O2. The van der Waals surface area contributed by atoms with Crippen molar-refractivity contribution in [1.29, 1.82) is 0 Å². The maximum Gasteiger partial charge on any atom is 0.352 e. The topological polar surface area (TPSA) is 56.3 Å². The highest BCUT2D eigenvalue weighted by atomic mass is 16.4. The number of hydrogen-bond donors (Lipinski definition) is 2. The van der Waals surface area contributed by atoms with Crippen molar-refractivity contribution in [2.75, 3.05) is 13.1 Å². The van der Waals surface area contributed by atoms with Gasteiger partial charge in [-0.15, -0.1) is 0 Å². The number of H-pyrrole nitrogens is 1. The lowest BCUT2D eigenvalue weighted by molar-refractivity contribution is 0.0689. The first-order valence-electron chi connectivity index (χ1n) is 6.31. The van der Waals surface area contributed by atoms with Crippen LogP contribution >= 0.6 is 0 Å². The molecule has 4 heteroatoms. The zero-order chi connectivity index (χ0) is 12.5. The average molecular weight is 244 g/mol. The number of carboxylic acid groups (broad SMARTS) is 1. The number of carboxylic acids is 1. The lowest BCUT2D eigenvalue weighted by atomic mass is 10.1. The van der Waals surface area contributed by atoms with Crippen molar-refractivity contribution in [3.8, 4) is 0 Å². The minimum Gasteiger partial charge on any atom is -0.477 e. The van der Waals surface area contributed by atoms with Gasteiger partial charge in [-0.25, -0.2) is 4.79 Å². The van der Waals surface area contributed by atoms with Crippen molar-refractivity contribution in [3.05, 3.63) is 35.5 Å². The third-order valence-corrected chi connectivity index (χ3v) is 3.61. The van der Waals surface area contributed by atoms with Gasteiger partial charge in [-0.1, -0.05) is 18.2 Å². The summed E-state index contributed by atoms with van der Waals surface area (Å²) in [6, 6.07) is 7.79. The number of benzene rings is 1. The van der Waals surface area contributed by atoms with E-state index in [0.717, 1.165) is 36.1 Å². The van der Waals surface area contributed by atoms with E-state index in [0.29, 0.717) is 5.69 Å². The molecule has 18 heavy (non-hydrogen) atoms. The second-order valence-corrected chi connectivity index (χ2v) is 4.81. The van der Waals surface area contributed by atoms with E-state index in [1.54, 1.807) is 0 Å². The van der Waals surface area contributed by atoms with Crippen LogP contribution in [0.25, 0.3) is 10.9 Å². The number of aromatic carboxylic acids is 1. The van der Waals surface area contributed by atoms with Gasteiger partial charge in [0.05, 0.1) is 0 Å². The fourth-order valence-electron chi connectivity index (χ4n) is 2.71. The minimum absolute atomic E-state index is 0.336. The molecule has 0 spiro atoms. The molecule has 1 aliphatic rings. The molecule has 1 aromatic heterocycles. The van der Waals surface area contributed by atoms with E-state index in [1.165, 1.54) is 12.8 Å². The molecule has 2 N–H and O–H groups in total. The Balaban J connectivity index is 2.05. The quantitative estimate of drug-likeness (QED) is 0.872. The van der Waals surface area contributed by atoms with Crippen LogP contribution in [-0.2, 0) is 6.54 Å². The molecule has 2 aromatic rings. The number of aromatic amines is 1. The maximum atomic E-state index is 11.3. The van der Waals surface area contributed by atoms with Gasteiger partial charge in [-0.3, -0.25) is 4.90 Å². The van der Waals surface area contributed by atoms with Crippen LogP contribution in [0.5, 0.6) is 0 Å². The SMILES string of the molecule is O=C(O)c1[nH]c2ccccc2c1CN1CCCC1. The standard InChI is InChI=1S/C14H16N2O2/c17-14(18)13-11(9-16-7-3-4-8-16)10-5-1-2-6-12(10)15-13/h1-2,5-6,15H,3-4,7-9H2,(H,17,18). The normalized spacial score (nSPS) is 16.4. The highest BCUT2D eigenvalue weighted by Gasteiger charge is 2.20. The predicted octanol–water partition coefficient (Wildman–Crippen LogP) is 2.46. The maximum absolute atomic E-state index is 11.3. The first kappa shape index (κ1) is 11.3. The third-order valence-electron chi connectivity index (χ3n) is 3.61. The second kappa shape index (κ2) is 4.46. The average Bonchev–Trinajstić information content (AvgIpc) is 2.98. The Bertz CT molecular complexity index is 582. The van der Waals surface area contributed by atoms with Gasteiger partial charge >= 0.3 is 5.97 Å². The van der Waals surface area contributed by atoms with E-state index in [9.17, 15) is 9.90 Å². The Labute approximate surface area is 105 Å². The minimum atomic E-state index is -0.875. The molecular weight excluding hydrogens is 228 g/mol. The van der Waals surface area contributed by atoms with Gasteiger partial charge in [0.15, 0.2) is 0 Å². The Morgan fingerprint density at radius 3 is 2.72 bits per heavy atom. The molecule has 0 amide bonds. The zero-order valence-corrected chi connectivity index (χ0v) is 10.1. The summed E-state index contributed by atoms with van der Waals surface area (Å²) in [6.07, 6.45) is 2.43. The van der Waals surface area contributed by atoms with E-state index < -0.39 is 5.97 Å². The van der Waals surface area contributed by atoms with Crippen molar-refractivity contribution in [2.24, 2.45) is 0 Å². The van der Waals surface area contributed by atoms with Gasteiger partial charge in [0.2, 0.25) is 0 Å². The fourth-order valence-corrected chi connectivity index (χ4v) is 2.71. The summed E-state index contributed by atoms with van der Waals surface area (Å²) in [5, 5.41) is 10.3. The van der Waals surface area contributed by atoms with Crippen LogP contribution < -0.4 is 0 Å². The van der Waals surface area contributed by atoms with Gasteiger partial charge in [0.25, 0.3) is 0 Å². The molecule has 1 aromatic carbocycles. The molecule has 2 heterocycles. The lowest BCUT2D eigenvalue weighted by Gasteiger charge is -2.14. The summed E-state index contributed by atoms with van der Waals surface area (Å²) in [7, 11) is 0. The van der Waals surface area contributed by atoms with E-state index in [4.69, 9.17) is 0 Å². The molecule has 1 fully saturated rings. The summed E-state index contributed by atoms with van der Waals surface area (Å²) >= 11 is 0. The molecule has 0 radical (unpaired) electrons. The number of nitrogens with one attached hydrogen (secondary N) is 1. The first-order valence-corrected chi connectivity index (χ1v) is 6.31. The van der Waals surface area contributed by atoms with Gasteiger partial charge in [0.1, 0.15) is 5.69 Å². The van der Waals surface area contributed by atoms with Crippen LogP contribution in [0.1, 0.15) is 28.9 Å². The van der Waals surface area contributed by atoms with Crippen LogP contribution in [0.3, 0.4) is 0 Å². The van der Waals surface area contributed by atoms with Crippen LogP contribution in [0.2, 0.25) is 0 Å². The summed E-state index contributed by atoms with van der Waals surface area (Å²) in [5.41, 5.74) is 2.16. The van der Waals surface area contributed by atoms with E-state index >= 15 is 0 Å². The number of hydrogen-bond acceptors (Lipinski definition) is 2. The zero-order valence-electron chi connectivity index (χ0n) is 10.1. The lowest BCUT2D eigenvalue weighted by Crippen LogP contribution is -2.19. The summed E-state index contributed by atoms with van der Waals surface area (Å²) in [6.45, 7) is 2.86. The fraction of sp³-hybridized carbons (Fsp3) is 0.357. The Kier molecular flexibility index (Phi) is 2.80. The van der Waals surface area contributed by atoms with Gasteiger partial charge in [-0.2, -0.15) is 0 Å². The van der Waals surface area contributed by atoms with Crippen LogP contribution in [-0.4, -0.2) is 34.0 Å². The number of carbonyl (C=O) groups is 1. The van der Waals surface area contributed by atoms with Gasteiger partial charge in [0, 0.05) is 23.0 Å². The molecule has 0 atom stereocenters. The monoisotopic (exact) mass is 244 g/mol. The molecule has 0 saturated carbocycles. The number of fused-ring (bicyclic) bond motifs is 1. The van der Waals surface area contributed by atoms with Crippen molar-refractivity contribution in [1.82, 2.24) is 9.88 Å². The molecule has 0 aliphatic carbocycles. The molecule has 4 nitrogen and oxygen atoms in total. The third kappa shape index (κ3) is 1.88. The Morgan fingerprint density at radius 1 is 1.28 bits per heavy atom. The first-order chi connectivity index (χ1) is 8.75. The smallest absolute Gasteiger partial charge is 0.352 e. The second-order valence-electron chi connectivity index (χ2n) is 4.81.